The van der Waals surface area contributed by atoms with Crippen LogP contribution >= 0.6 is 0 Å². The Labute approximate surface area is 764 Å². The molecule has 0 saturated heterocycles. The van der Waals surface area contributed by atoms with Crippen molar-refractivity contribution in [3.05, 3.63) is 455 Å². The first-order valence-electron chi connectivity index (χ1n) is 43.4. The summed E-state index contributed by atoms with van der Waals surface area (Å²) < 4.78 is 187. The molecule has 0 atom stereocenters. The fourth-order valence-corrected chi connectivity index (χ4v) is 18.9. The molecule has 0 spiro atoms. The Morgan fingerprint density at radius 1 is 0.209 bits per heavy atom. The van der Waals surface area contributed by atoms with Gasteiger partial charge in [-0.05, 0) is 166 Å². The first kappa shape index (κ1) is 87.6. The third-order valence-corrected chi connectivity index (χ3v) is 25.3. The zero-order valence-corrected chi connectivity index (χ0v) is 72.5. The van der Waals surface area contributed by atoms with E-state index in [4.69, 9.17) is 0 Å². The number of nitrogens with zero attached hydrogens (tertiary/aromatic N) is 8. The molecule has 0 amide bonds. The van der Waals surface area contributed by atoms with Gasteiger partial charge in [-0.25, -0.2) is 29.9 Å². The van der Waals surface area contributed by atoms with E-state index in [0.717, 1.165) is 116 Å². The van der Waals surface area contributed by atoms with Gasteiger partial charge in [0.25, 0.3) is 0 Å². The normalized spacial score (nSPS) is 12.4. The summed E-state index contributed by atoms with van der Waals surface area (Å²) in [6.45, 7) is 8.26. The maximum absolute atomic E-state index is 15.3. The fourth-order valence-electron chi connectivity index (χ4n) is 18.9. The Morgan fingerprint density at radius 2 is 0.455 bits per heavy atom. The van der Waals surface area contributed by atoms with E-state index in [0.29, 0.717) is 56.9 Å². The summed E-state index contributed by atoms with van der Waals surface area (Å²) in [5.41, 5.74) is 10.9. The summed E-state index contributed by atoms with van der Waals surface area (Å²) in [6.07, 6.45) is -20.8. The van der Waals surface area contributed by atoms with Gasteiger partial charge in [-0.15, -0.1) is 0 Å². The van der Waals surface area contributed by atoms with Gasteiger partial charge in [-0.1, -0.05) is 352 Å². The number of rotatable bonds is 12. The lowest BCUT2D eigenvalue weighted by Crippen LogP contribution is -2.54. The van der Waals surface area contributed by atoms with E-state index in [1.54, 1.807) is 97.1 Å². The molecule has 0 fully saturated rings. The van der Waals surface area contributed by atoms with Crippen LogP contribution in [0.5, 0.6) is 0 Å². The highest BCUT2D eigenvalue weighted by Gasteiger charge is 2.74. The van der Waals surface area contributed by atoms with Crippen LogP contribution < -0.4 is 0 Å². The Bertz CT molecular complexity index is 7400. The Kier molecular flexibility index (Phi) is 23.0. The SMILES string of the molecule is Cc1cccc2c1Cc1c(C)cccc1-2.Cc1cccc2c3cccc(C)c3n(-c3ccc(C(c4ccc(-c5nc(-c6ccccc6)nc(-c6ccccc6)n5)cc4)(C(F)(F)F)C(F)(F)F)cc3)c12.FC(F)(F)C(c1ccc(-c2nc(-c3ccccc3)nc(-c3ccccc3)n2)cc1)(c1ccc(-n2c3ccccc3c3ccccc32)cc1)C(F)(F)F.c1ccc2c(c1)Cc1ccccc1-2. The third kappa shape index (κ3) is 15.9. The highest BCUT2D eigenvalue weighted by atomic mass is 19.4. The van der Waals surface area contributed by atoms with Crippen LogP contribution in [0.2, 0.25) is 0 Å². The molecule has 8 nitrogen and oxygen atoms in total. The molecule has 16 aromatic carbocycles. The van der Waals surface area contributed by atoms with Gasteiger partial charge in [-0.2, -0.15) is 52.7 Å². The molecule has 0 N–H and O–H groups in total. The number of fused-ring (bicyclic) bond motifs is 12. The standard InChI is InChI=1S/C44H30F6N4.C42H26F6N4.C15H14.C13H10/c1-27-11-9-17-35-36-18-10-12-28(2)38(36)54(37(27)35)34-25-23-33(24-26-34)42(43(45,46)47,44(48,49)50)32-21-19-31(20-22-32)41-52-39(29-13-5-3-6-14-29)51-40(53-41)30-15-7-4-8-16-30;43-41(44,45)40(42(46,47)48,31-23-25-32(26-24-31)52-35-17-9-7-15-33(35)34-16-8-10-18-36(34)52)30-21-19-29(20-22-30)39-50-37(27-11-3-1-4-12-27)49-38(51-39)28-13-5-2-6-14-28;1-10-5-3-7-12-13-8-4-6-11(2)15(13)9-14(10)12;1-3-7-12-10(5-1)9-11-6-2-4-8-13(11)12/h3-26H,1-2H3;1-26H;3-8H,9H2,1-2H3;1-8H,9H2. The van der Waals surface area contributed by atoms with Crippen molar-refractivity contribution >= 4 is 43.6 Å². The number of aryl methyl sites for hydroxylation is 4. The molecule has 4 aromatic heterocycles. The van der Waals surface area contributed by atoms with Crippen LogP contribution in [0.1, 0.15) is 66.8 Å². The molecule has 2 aliphatic carbocycles. The molecule has 20 heteroatoms. The minimum atomic E-state index is -5.76. The molecule has 2 aliphatic rings. The summed E-state index contributed by atoms with van der Waals surface area (Å²) in [7, 11) is 0. The van der Waals surface area contributed by atoms with Crippen LogP contribution in [0.4, 0.5) is 52.7 Å². The van der Waals surface area contributed by atoms with Crippen LogP contribution in [0.15, 0.2) is 388 Å². The zero-order chi connectivity index (χ0) is 93.0. The van der Waals surface area contributed by atoms with Crippen molar-refractivity contribution in [2.24, 2.45) is 0 Å². The largest absolute Gasteiger partial charge is 0.411 e. The van der Waals surface area contributed by atoms with Crippen molar-refractivity contribution in [2.75, 3.05) is 0 Å². The van der Waals surface area contributed by atoms with Crippen molar-refractivity contribution < 1.29 is 52.7 Å². The summed E-state index contributed by atoms with van der Waals surface area (Å²) >= 11 is 0. The van der Waals surface area contributed by atoms with E-state index in [1.807, 2.05) is 132 Å². The topological polar surface area (TPSA) is 87.2 Å². The van der Waals surface area contributed by atoms with Gasteiger partial charge in [0.15, 0.2) is 34.9 Å². The van der Waals surface area contributed by atoms with Gasteiger partial charge in [0, 0.05) is 66.3 Å². The van der Waals surface area contributed by atoms with E-state index >= 15 is 52.7 Å². The number of para-hydroxylation sites is 4. The number of halogens is 12. The van der Waals surface area contributed by atoms with Crippen molar-refractivity contribution in [3.63, 3.8) is 0 Å². The molecule has 20 aromatic rings. The number of hydrogen-bond acceptors (Lipinski definition) is 6. The van der Waals surface area contributed by atoms with Crippen molar-refractivity contribution in [2.45, 2.75) is 76.1 Å². The van der Waals surface area contributed by atoms with E-state index in [9.17, 15) is 0 Å². The summed E-state index contributed by atoms with van der Waals surface area (Å²) in [4.78, 5) is 27.5. The van der Waals surface area contributed by atoms with Gasteiger partial charge in [-0.3, -0.25) is 0 Å². The van der Waals surface area contributed by atoms with Crippen molar-refractivity contribution in [3.8, 4) is 102 Å². The second kappa shape index (κ2) is 35.2. The summed E-state index contributed by atoms with van der Waals surface area (Å²) in [6, 6.07) is 110. The van der Waals surface area contributed by atoms with Crippen LogP contribution in [-0.2, 0) is 23.7 Å². The molecule has 22 rings (SSSR count). The molecule has 660 valence electrons. The fraction of sp³-hybridized carbons (Fsp3) is 0.105. The molecule has 0 saturated carbocycles. The average Bonchev–Trinajstić information content (AvgIpc) is 0.924. The number of aromatic nitrogens is 8. The second-order valence-electron chi connectivity index (χ2n) is 33.3. The average molecular weight is 1790 g/mol. The molecule has 4 heterocycles. The van der Waals surface area contributed by atoms with Crippen molar-refractivity contribution in [1.82, 2.24) is 39.0 Å². The zero-order valence-electron chi connectivity index (χ0n) is 72.5. The maximum atomic E-state index is 15.3. The summed E-state index contributed by atoms with van der Waals surface area (Å²) in [5, 5.41) is 3.69. The monoisotopic (exact) mass is 1790 g/mol. The smallest absolute Gasteiger partial charge is 0.309 e. The number of alkyl halides is 12. The van der Waals surface area contributed by atoms with Crippen LogP contribution in [-0.4, -0.2) is 63.7 Å². The minimum absolute atomic E-state index is 0.0967. The van der Waals surface area contributed by atoms with Gasteiger partial charge in [0.05, 0.1) is 22.1 Å². The molecule has 0 unspecified atom stereocenters. The Hall–Kier alpha value is -15.7. The predicted molar refractivity (Wildman–Crippen MR) is 508 cm³/mol. The van der Waals surface area contributed by atoms with Gasteiger partial charge in [0.2, 0.25) is 10.8 Å². The van der Waals surface area contributed by atoms with Gasteiger partial charge in [0.1, 0.15) is 0 Å². The highest BCUT2D eigenvalue weighted by Crippen LogP contribution is 2.59. The Balaban J connectivity index is 0.000000133. The third-order valence-electron chi connectivity index (χ3n) is 25.3. The van der Waals surface area contributed by atoms with E-state index in [1.165, 1.54) is 104 Å². The van der Waals surface area contributed by atoms with E-state index in [-0.39, 0.29) is 22.8 Å². The van der Waals surface area contributed by atoms with E-state index < -0.39 is 57.8 Å². The lowest BCUT2D eigenvalue weighted by Gasteiger charge is -2.38. The highest BCUT2D eigenvalue weighted by molar-refractivity contribution is 6.12. The molecule has 0 bridgehead atoms. The van der Waals surface area contributed by atoms with Crippen LogP contribution in [0.25, 0.3) is 146 Å². The predicted octanol–water partition coefficient (Wildman–Crippen LogP) is 30.5. The van der Waals surface area contributed by atoms with Gasteiger partial charge < -0.3 is 9.13 Å². The number of hydrogen-bond donors (Lipinski definition) is 0. The maximum Gasteiger partial charge on any atom is 0.411 e. The van der Waals surface area contributed by atoms with Crippen LogP contribution in [0.3, 0.4) is 0 Å². The minimum Gasteiger partial charge on any atom is -0.309 e. The number of benzene rings is 16. The lowest BCUT2D eigenvalue weighted by molar-refractivity contribution is -0.290. The quantitative estimate of drug-likeness (QED) is 0.113. The lowest BCUT2D eigenvalue weighted by atomic mass is 9.72. The first-order chi connectivity index (χ1) is 64.7. The van der Waals surface area contributed by atoms with Gasteiger partial charge >= 0.3 is 24.7 Å². The molecule has 0 radical (unpaired) electrons. The summed E-state index contributed by atoms with van der Waals surface area (Å²) in [5.74, 6) is 1.40. The molecule has 0 aliphatic heterocycles. The molecular formula is C114H80F12N8. The molecular weight excluding hydrogens is 1710 g/mol. The van der Waals surface area contributed by atoms with Crippen molar-refractivity contribution in [1.29, 1.82) is 0 Å². The Morgan fingerprint density at radius 3 is 0.776 bits per heavy atom. The first-order valence-corrected chi connectivity index (χ1v) is 43.4. The second-order valence-corrected chi connectivity index (χ2v) is 33.3. The van der Waals surface area contributed by atoms with Crippen LogP contribution in [0, 0.1) is 27.7 Å². The molecule has 134 heavy (non-hydrogen) atoms. The van der Waals surface area contributed by atoms with E-state index in [2.05, 4.69) is 129 Å².